The minimum Gasteiger partial charge on any atom is -0.506 e. The Bertz CT molecular complexity index is 1320. The lowest BCUT2D eigenvalue weighted by Crippen LogP contribution is -2.53. The van der Waals surface area contributed by atoms with E-state index in [0.717, 1.165) is 5.56 Å². The third-order valence-corrected chi connectivity index (χ3v) is 7.12. The molecule has 206 valence electrons. The second kappa shape index (κ2) is 11.1. The number of aryl methyl sites for hydroxylation is 1. The summed E-state index contributed by atoms with van der Waals surface area (Å²) in [6.45, 7) is 3.00. The van der Waals surface area contributed by atoms with Crippen LogP contribution in [0.1, 0.15) is 46.9 Å². The topological polar surface area (TPSA) is 196 Å². The largest absolute Gasteiger partial charge is 0.506 e. The van der Waals surface area contributed by atoms with Crippen LogP contribution in [0.25, 0.3) is 0 Å². The first-order chi connectivity index (χ1) is 18.6. The molecule has 2 aliphatic rings. The van der Waals surface area contributed by atoms with Crippen LogP contribution in [0, 0.1) is 6.92 Å². The van der Waals surface area contributed by atoms with Crippen LogP contribution >= 0.6 is 0 Å². The molecule has 0 bridgehead atoms. The molecule has 2 heterocycles. The number of nitrogens with two attached hydrogens (primary N) is 2. The molecular formula is C27H34N8O4. The monoisotopic (exact) mass is 534 g/mol. The van der Waals surface area contributed by atoms with E-state index in [-0.39, 0.29) is 41.3 Å². The number of aliphatic hydroxyl groups is 2. The number of amides is 1. The van der Waals surface area contributed by atoms with Crippen LogP contribution in [-0.4, -0.2) is 73.6 Å². The van der Waals surface area contributed by atoms with Crippen molar-refractivity contribution in [2.75, 3.05) is 28.6 Å². The number of nitrogens with one attached hydrogen (secondary N) is 2. The lowest BCUT2D eigenvalue weighted by molar-refractivity contribution is 0.0438. The molecule has 0 spiro atoms. The number of hydrogen-bond donors (Lipinski definition) is 7. The van der Waals surface area contributed by atoms with Gasteiger partial charge in [0.25, 0.3) is 5.91 Å². The summed E-state index contributed by atoms with van der Waals surface area (Å²) in [4.78, 5) is 28.3. The Morgan fingerprint density at radius 1 is 0.949 bits per heavy atom. The molecule has 9 N–H and O–H groups in total. The molecule has 2 fully saturated rings. The highest BCUT2D eigenvalue weighted by Crippen LogP contribution is 2.35. The minimum atomic E-state index is -0.844. The van der Waals surface area contributed by atoms with Crippen LogP contribution in [0.5, 0.6) is 5.75 Å². The Morgan fingerprint density at radius 2 is 1.62 bits per heavy atom. The van der Waals surface area contributed by atoms with Gasteiger partial charge in [0.05, 0.1) is 17.9 Å². The molecule has 2 aromatic carbocycles. The highest BCUT2D eigenvalue weighted by Gasteiger charge is 2.35. The SMILES string of the molecule is Cc1ccc(C(=O)Nc2ccc(Nc3nc(C4C[C@@H](O)[C@@H](O)C4)nc(N4C[C@H](N)C[C@H](N)C4)n3)cc2O)cc1. The van der Waals surface area contributed by atoms with Crippen LogP contribution in [0.2, 0.25) is 0 Å². The molecule has 5 rings (SSSR count). The number of benzene rings is 2. The third-order valence-electron chi connectivity index (χ3n) is 7.12. The molecule has 3 aromatic rings. The van der Waals surface area contributed by atoms with Crippen molar-refractivity contribution in [2.24, 2.45) is 11.5 Å². The van der Waals surface area contributed by atoms with Gasteiger partial charge in [0.1, 0.15) is 11.6 Å². The number of carbonyl (C=O) groups excluding carboxylic acids is 1. The van der Waals surface area contributed by atoms with Gasteiger partial charge in [-0.25, -0.2) is 0 Å². The van der Waals surface area contributed by atoms with E-state index < -0.39 is 12.2 Å². The Kier molecular flexibility index (Phi) is 7.62. The van der Waals surface area contributed by atoms with Crippen molar-refractivity contribution in [3.8, 4) is 5.75 Å². The molecule has 1 unspecified atom stereocenters. The van der Waals surface area contributed by atoms with E-state index in [0.29, 0.717) is 55.4 Å². The molecule has 12 heteroatoms. The summed E-state index contributed by atoms with van der Waals surface area (Å²) in [5.41, 5.74) is 14.6. The van der Waals surface area contributed by atoms with Gasteiger partial charge in [-0.15, -0.1) is 0 Å². The van der Waals surface area contributed by atoms with Crippen LogP contribution in [0.3, 0.4) is 0 Å². The lowest BCUT2D eigenvalue weighted by atomic mass is 10.0. The van der Waals surface area contributed by atoms with Crippen LogP contribution in [0.15, 0.2) is 42.5 Å². The van der Waals surface area contributed by atoms with Gasteiger partial charge in [-0.1, -0.05) is 17.7 Å². The van der Waals surface area contributed by atoms with Gasteiger partial charge < -0.3 is 42.3 Å². The fraction of sp³-hybridized carbons (Fsp3) is 0.407. The number of phenols is 1. The molecule has 12 nitrogen and oxygen atoms in total. The molecule has 1 saturated carbocycles. The van der Waals surface area contributed by atoms with Gasteiger partial charge in [0.2, 0.25) is 11.9 Å². The van der Waals surface area contributed by atoms with Crippen molar-refractivity contribution in [3.63, 3.8) is 0 Å². The smallest absolute Gasteiger partial charge is 0.255 e. The minimum absolute atomic E-state index is 0.125. The van der Waals surface area contributed by atoms with Crippen molar-refractivity contribution in [2.45, 2.75) is 56.4 Å². The summed E-state index contributed by atoms with van der Waals surface area (Å²) in [7, 11) is 0. The summed E-state index contributed by atoms with van der Waals surface area (Å²) in [5, 5.41) is 36.6. The second-order valence-electron chi connectivity index (χ2n) is 10.5. The quantitative estimate of drug-likeness (QED) is 0.225. The van der Waals surface area contributed by atoms with E-state index in [1.807, 2.05) is 24.0 Å². The fourth-order valence-electron chi connectivity index (χ4n) is 5.05. The number of carbonyl (C=O) groups is 1. The fourth-order valence-corrected chi connectivity index (χ4v) is 5.05. The molecule has 5 atom stereocenters. The number of piperidine rings is 1. The molecule has 0 radical (unpaired) electrons. The number of nitrogens with zero attached hydrogens (tertiary/aromatic N) is 4. The Balaban J connectivity index is 1.38. The number of hydrogen-bond acceptors (Lipinski definition) is 11. The first kappa shape index (κ1) is 26.8. The van der Waals surface area contributed by atoms with Crippen LogP contribution in [-0.2, 0) is 0 Å². The molecule has 1 aliphatic heterocycles. The molecule has 1 aromatic heterocycles. The zero-order chi connectivity index (χ0) is 27.7. The molecular weight excluding hydrogens is 500 g/mol. The van der Waals surface area contributed by atoms with E-state index in [4.69, 9.17) is 11.5 Å². The van der Waals surface area contributed by atoms with Gasteiger partial charge in [-0.3, -0.25) is 4.79 Å². The number of aliphatic hydroxyl groups excluding tert-OH is 2. The Morgan fingerprint density at radius 3 is 2.26 bits per heavy atom. The van der Waals surface area contributed by atoms with Gasteiger partial charge in [-0.05, 0) is 50.5 Å². The van der Waals surface area contributed by atoms with Crippen molar-refractivity contribution < 1.29 is 20.1 Å². The van der Waals surface area contributed by atoms with Crippen LogP contribution in [0.4, 0.5) is 23.3 Å². The zero-order valence-electron chi connectivity index (χ0n) is 21.7. The average Bonchev–Trinajstić information content (AvgIpc) is 3.23. The predicted molar refractivity (Wildman–Crippen MR) is 147 cm³/mol. The van der Waals surface area contributed by atoms with Gasteiger partial charge in [-0.2, -0.15) is 15.0 Å². The summed E-state index contributed by atoms with van der Waals surface area (Å²) in [5.74, 6) is 0.348. The predicted octanol–water partition coefficient (Wildman–Crippen LogP) is 1.35. The number of rotatable bonds is 6. The lowest BCUT2D eigenvalue weighted by Gasteiger charge is -2.34. The standard InChI is InChI=1S/C27H34N8O4/c1-14-2-4-15(5-3-14)25(39)31-20-7-6-19(11-21(20)36)30-26-32-24(16-8-22(37)23(38)9-16)33-27(34-26)35-12-17(28)10-18(29)13-35/h2-7,11,16-18,22-23,36-38H,8-10,12-13,28-29H2,1H3,(H,31,39)(H,30,32,33,34)/t16?,17-,18+,22-,23+. The number of anilines is 4. The zero-order valence-corrected chi connectivity index (χ0v) is 21.7. The maximum atomic E-state index is 12.6. The summed E-state index contributed by atoms with van der Waals surface area (Å²) < 4.78 is 0. The number of aromatic hydroxyl groups is 1. The van der Waals surface area contributed by atoms with Crippen molar-refractivity contribution in [3.05, 3.63) is 59.4 Å². The maximum absolute atomic E-state index is 12.6. The normalized spacial score (nSPS) is 24.9. The van der Waals surface area contributed by atoms with Crippen molar-refractivity contribution in [1.29, 1.82) is 0 Å². The summed E-state index contributed by atoms with van der Waals surface area (Å²) in [6.07, 6.45) is -0.323. The highest BCUT2D eigenvalue weighted by atomic mass is 16.3. The highest BCUT2D eigenvalue weighted by molar-refractivity contribution is 6.05. The van der Waals surface area contributed by atoms with E-state index >= 15 is 0 Å². The molecule has 1 amide bonds. The van der Waals surface area contributed by atoms with E-state index in [1.165, 1.54) is 6.07 Å². The summed E-state index contributed by atoms with van der Waals surface area (Å²) >= 11 is 0. The van der Waals surface area contributed by atoms with E-state index in [2.05, 4.69) is 25.6 Å². The van der Waals surface area contributed by atoms with Crippen molar-refractivity contribution in [1.82, 2.24) is 15.0 Å². The average molecular weight is 535 g/mol. The molecule has 1 aliphatic carbocycles. The molecule has 1 saturated heterocycles. The Hall–Kier alpha value is -3.84. The maximum Gasteiger partial charge on any atom is 0.255 e. The second-order valence-corrected chi connectivity index (χ2v) is 10.5. The third kappa shape index (κ3) is 6.25. The first-order valence-corrected chi connectivity index (χ1v) is 13.0. The van der Waals surface area contributed by atoms with Crippen LogP contribution < -0.4 is 27.0 Å². The summed E-state index contributed by atoms with van der Waals surface area (Å²) in [6, 6.07) is 11.6. The van der Waals surface area contributed by atoms with E-state index in [9.17, 15) is 20.1 Å². The van der Waals surface area contributed by atoms with Gasteiger partial charge in [0, 0.05) is 48.4 Å². The van der Waals surface area contributed by atoms with E-state index in [1.54, 1.807) is 24.3 Å². The number of aromatic nitrogens is 3. The molecule has 39 heavy (non-hydrogen) atoms. The van der Waals surface area contributed by atoms with Crippen molar-refractivity contribution >= 4 is 29.2 Å². The van der Waals surface area contributed by atoms with Gasteiger partial charge >= 0.3 is 0 Å². The number of phenolic OH excluding ortho intramolecular Hbond substituents is 1. The van der Waals surface area contributed by atoms with Gasteiger partial charge in [0.15, 0.2) is 0 Å². The Labute approximate surface area is 226 Å². The first-order valence-electron chi connectivity index (χ1n) is 13.0.